The van der Waals surface area contributed by atoms with Crippen molar-refractivity contribution in [2.75, 3.05) is 31.1 Å². The van der Waals surface area contributed by atoms with E-state index in [0.29, 0.717) is 10.0 Å². The van der Waals surface area contributed by atoms with Gasteiger partial charge in [0.25, 0.3) is 0 Å². The highest BCUT2D eigenvalue weighted by atomic mass is 35.5. The lowest BCUT2D eigenvalue weighted by molar-refractivity contribution is -0.133. The van der Waals surface area contributed by atoms with Gasteiger partial charge >= 0.3 is 0 Å². The molecule has 33 heavy (non-hydrogen) atoms. The minimum Gasteiger partial charge on any atom is -0.365 e. The number of nitrogens with one attached hydrogen (secondary N) is 1. The third-order valence-corrected chi connectivity index (χ3v) is 7.58. The van der Waals surface area contributed by atoms with E-state index in [1.165, 1.54) is 0 Å². The van der Waals surface area contributed by atoms with E-state index in [0.717, 1.165) is 61.3 Å². The summed E-state index contributed by atoms with van der Waals surface area (Å²) in [6.07, 6.45) is 3.90. The molecule has 2 fully saturated rings. The highest BCUT2D eigenvalue weighted by Crippen LogP contribution is 2.32. The average Bonchev–Trinajstić information content (AvgIpc) is 3.48. The van der Waals surface area contributed by atoms with E-state index in [1.54, 1.807) is 6.07 Å². The molecule has 1 amide bonds. The molecule has 1 N–H and O–H groups in total. The molecule has 0 saturated carbocycles. The van der Waals surface area contributed by atoms with Crippen molar-refractivity contribution in [1.29, 1.82) is 0 Å². The van der Waals surface area contributed by atoms with Crippen LogP contribution in [0.3, 0.4) is 0 Å². The van der Waals surface area contributed by atoms with Gasteiger partial charge in [-0.1, -0.05) is 29.3 Å². The summed E-state index contributed by atoms with van der Waals surface area (Å²) in [6, 6.07) is 12.3. The van der Waals surface area contributed by atoms with Crippen molar-refractivity contribution in [2.45, 2.75) is 44.8 Å². The van der Waals surface area contributed by atoms with Crippen molar-refractivity contribution in [3.8, 4) is 0 Å². The zero-order chi connectivity index (χ0) is 23.1. The van der Waals surface area contributed by atoms with Gasteiger partial charge in [-0.2, -0.15) is 0 Å². The Kier molecular flexibility index (Phi) is 6.25. The average molecular weight is 486 g/mol. The third-order valence-electron chi connectivity index (χ3n) is 7.02. The summed E-state index contributed by atoms with van der Waals surface area (Å²) >= 11 is 12.6. The van der Waals surface area contributed by atoms with Gasteiger partial charge in [0.2, 0.25) is 5.91 Å². The second-order valence-corrected chi connectivity index (χ2v) is 9.99. The highest BCUT2D eigenvalue weighted by Gasteiger charge is 2.32. The quantitative estimate of drug-likeness (QED) is 0.579. The number of imidazole rings is 1. The fourth-order valence-corrected chi connectivity index (χ4v) is 5.72. The first-order valence-electron chi connectivity index (χ1n) is 11.6. The fourth-order valence-electron chi connectivity index (χ4n) is 5.15. The Morgan fingerprint density at radius 1 is 1.18 bits per heavy atom. The minimum atomic E-state index is -0.00405. The molecule has 174 valence electrons. The number of benzene rings is 2. The summed E-state index contributed by atoms with van der Waals surface area (Å²) in [4.78, 5) is 21.9. The third kappa shape index (κ3) is 4.32. The molecule has 0 radical (unpaired) electrons. The minimum absolute atomic E-state index is 0.00405. The molecule has 5 rings (SSSR count). The number of fused-ring (bicyclic) bond motifs is 1. The second-order valence-electron chi connectivity index (χ2n) is 9.14. The maximum Gasteiger partial charge on any atom is 0.239 e. The lowest BCUT2D eigenvalue weighted by Crippen LogP contribution is -2.56. The highest BCUT2D eigenvalue weighted by molar-refractivity contribution is 6.35. The van der Waals surface area contributed by atoms with Gasteiger partial charge in [-0.05, 0) is 69.1 Å². The second kappa shape index (κ2) is 9.16. The number of aromatic nitrogens is 2. The lowest BCUT2D eigenvalue weighted by Gasteiger charge is -2.42. The number of hydrogen-bond donors (Lipinski definition) is 1. The Morgan fingerprint density at radius 3 is 2.76 bits per heavy atom. The predicted octanol–water partition coefficient (Wildman–Crippen LogP) is 4.74. The number of anilines is 1. The standard InChI is InChI=1S/C25H29Cl2N5O/c1-16-14-30(25(33)23-4-3-9-28-23)10-11-31(16)19-6-8-22-24(13-19)32(15-29-22)17(2)20-7-5-18(26)12-21(20)27/h5-8,12-13,15-17,23,28H,3-4,9-11,14H2,1-2H3/t16-,17+,23+/m0/s1. The number of carbonyl (C=O) groups excluding carboxylic acids is 1. The van der Waals surface area contributed by atoms with Crippen LogP contribution in [-0.2, 0) is 4.79 Å². The molecule has 8 heteroatoms. The van der Waals surface area contributed by atoms with Crippen LogP contribution in [0, 0.1) is 0 Å². The van der Waals surface area contributed by atoms with Crippen LogP contribution in [-0.4, -0.2) is 58.6 Å². The number of carbonyl (C=O) groups is 1. The molecule has 0 bridgehead atoms. The van der Waals surface area contributed by atoms with Gasteiger partial charge in [0, 0.05) is 41.4 Å². The number of amides is 1. The Balaban J connectivity index is 1.38. The number of halogens is 2. The summed E-state index contributed by atoms with van der Waals surface area (Å²) < 4.78 is 2.16. The van der Waals surface area contributed by atoms with Gasteiger partial charge < -0.3 is 19.7 Å². The van der Waals surface area contributed by atoms with Crippen LogP contribution >= 0.6 is 23.2 Å². The molecule has 2 saturated heterocycles. The molecule has 2 aliphatic rings. The van der Waals surface area contributed by atoms with Crippen LogP contribution in [0.4, 0.5) is 5.69 Å². The molecule has 3 atom stereocenters. The Morgan fingerprint density at radius 2 is 2.03 bits per heavy atom. The van der Waals surface area contributed by atoms with Crippen molar-refractivity contribution < 1.29 is 4.79 Å². The molecule has 0 spiro atoms. The normalized spacial score (nSPS) is 22.2. The van der Waals surface area contributed by atoms with Crippen LogP contribution in [0.15, 0.2) is 42.7 Å². The number of hydrogen-bond acceptors (Lipinski definition) is 4. The van der Waals surface area contributed by atoms with E-state index in [9.17, 15) is 4.79 Å². The maximum absolute atomic E-state index is 12.8. The van der Waals surface area contributed by atoms with Crippen LogP contribution < -0.4 is 10.2 Å². The largest absolute Gasteiger partial charge is 0.365 e. The van der Waals surface area contributed by atoms with Crippen molar-refractivity contribution in [1.82, 2.24) is 19.8 Å². The van der Waals surface area contributed by atoms with Crippen LogP contribution in [0.1, 0.15) is 38.3 Å². The summed E-state index contributed by atoms with van der Waals surface area (Å²) in [5.41, 5.74) is 4.17. The number of rotatable bonds is 4. The Hall–Kier alpha value is -2.28. The topological polar surface area (TPSA) is 53.4 Å². The Labute approximate surface area is 204 Å². The van der Waals surface area contributed by atoms with E-state index in [4.69, 9.17) is 23.2 Å². The zero-order valence-electron chi connectivity index (χ0n) is 19.0. The van der Waals surface area contributed by atoms with Crippen molar-refractivity contribution >= 4 is 45.8 Å². The molecule has 3 heterocycles. The fraction of sp³-hybridized carbons (Fsp3) is 0.440. The maximum atomic E-state index is 12.8. The first kappa shape index (κ1) is 22.5. The van der Waals surface area contributed by atoms with Crippen LogP contribution in [0.25, 0.3) is 11.0 Å². The van der Waals surface area contributed by atoms with Crippen LogP contribution in [0.2, 0.25) is 10.0 Å². The molecule has 3 aromatic rings. The first-order chi connectivity index (χ1) is 15.9. The van der Waals surface area contributed by atoms with Gasteiger partial charge in [-0.15, -0.1) is 0 Å². The SMILES string of the molecule is C[C@H](c1ccc(Cl)cc1Cl)n1cnc2ccc(N3CCN(C(=O)[C@H]4CCCN4)C[C@@H]3C)cc21. The molecule has 2 aliphatic heterocycles. The molecular formula is C25H29Cl2N5O. The van der Waals surface area contributed by atoms with E-state index in [-0.39, 0.29) is 24.0 Å². The smallest absolute Gasteiger partial charge is 0.239 e. The first-order valence-corrected chi connectivity index (χ1v) is 12.4. The molecular weight excluding hydrogens is 457 g/mol. The lowest BCUT2D eigenvalue weighted by atomic mass is 10.1. The van der Waals surface area contributed by atoms with Gasteiger partial charge in [0.15, 0.2) is 0 Å². The van der Waals surface area contributed by atoms with Gasteiger partial charge in [-0.25, -0.2) is 4.98 Å². The van der Waals surface area contributed by atoms with Crippen molar-refractivity contribution in [2.24, 2.45) is 0 Å². The summed E-state index contributed by atoms with van der Waals surface area (Å²) in [7, 11) is 0. The molecule has 1 aromatic heterocycles. The number of nitrogens with zero attached hydrogens (tertiary/aromatic N) is 4. The van der Waals surface area contributed by atoms with Crippen molar-refractivity contribution in [3.63, 3.8) is 0 Å². The van der Waals surface area contributed by atoms with Crippen molar-refractivity contribution in [3.05, 3.63) is 58.3 Å². The zero-order valence-corrected chi connectivity index (χ0v) is 20.5. The van der Waals surface area contributed by atoms with Gasteiger partial charge in [0.1, 0.15) is 0 Å². The summed E-state index contributed by atoms with van der Waals surface area (Å²) in [5.74, 6) is 0.251. The predicted molar refractivity (Wildman–Crippen MR) is 134 cm³/mol. The van der Waals surface area contributed by atoms with Gasteiger partial charge in [-0.3, -0.25) is 4.79 Å². The van der Waals surface area contributed by atoms with Gasteiger partial charge in [0.05, 0.1) is 29.4 Å². The van der Waals surface area contributed by atoms with E-state index in [1.807, 2.05) is 23.4 Å². The Bertz CT molecular complexity index is 1170. The number of piperazine rings is 1. The van der Waals surface area contributed by atoms with E-state index in [2.05, 4.69) is 51.8 Å². The summed E-state index contributed by atoms with van der Waals surface area (Å²) in [5, 5.41) is 4.62. The molecule has 2 aromatic carbocycles. The van der Waals surface area contributed by atoms with Crippen LogP contribution in [0.5, 0.6) is 0 Å². The summed E-state index contributed by atoms with van der Waals surface area (Å²) in [6.45, 7) is 7.56. The monoisotopic (exact) mass is 485 g/mol. The molecule has 0 unspecified atom stereocenters. The van der Waals surface area contributed by atoms with E-state index < -0.39 is 0 Å². The molecule has 0 aliphatic carbocycles. The molecule has 6 nitrogen and oxygen atoms in total. The van der Waals surface area contributed by atoms with E-state index >= 15 is 0 Å².